The minimum absolute atomic E-state index is 0.0314. The fourth-order valence-corrected chi connectivity index (χ4v) is 1.70. The molecule has 0 aromatic heterocycles. The van der Waals surface area contributed by atoms with Crippen LogP contribution in [-0.2, 0) is 4.79 Å². The van der Waals surface area contributed by atoms with E-state index in [0.29, 0.717) is 24.2 Å². The molecule has 0 saturated heterocycles. The summed E-state index contributed by atoms with van der Waals surface area (Å²) in [4.78, 5) is 22.3. The molecule has 4 heteroatoms. The molecule has 0 amide bonds. The first-order valence-corrected chi connectivity index (χ1v) is 5.92. The molecular weight excluding hydrogens is 232 g/mol. The highest BCUT2D eigenvalue weighted by Crippen LogP contribution is 2.23. The minimum atomic E-state index is -1.23. The molecular formula is C14H18O4. The van der Waals surface area contributed by atoms with Crippen LogP contribution in [0.5, 0.6) is 5.75 Å². The maximum absolute atomic E-state index is 11.2. The molecule has 98 valence electrons. The number of aliphatic carboxylic acids is 1. The molecule has 1 rings (SSSR count). The van der Waals surface area contributed by atoms with Crippen molar-refractivity contribution in [1.82, 2.24) is 0 Å². The van der Waals surface area contributed by atoms with Crippen LogP contribution in [0.1, 0.15) is 44.0 Å². The molecule has 1 aromatic rings. The van der Waals surface area contributed by atoms with Crippen LogP contribution in [0, 0.1) is 0 Å². The number of carboxylic acids is 1. The minimum Gasteiger partial charge on any atom is -0.478 e. The van der Waals surface area contributed by atoms with Gasteiger partial charge in [-0.3, -0.25) is 4.79 Å². The highest BCUT2D eigenvalue weighted by molar-refractivity contribution is 5.94. The maximum Gasteiger partial charge on any atom is 0.347 e. The lowest BCUT2D eigenvalue weighted by molar-refractivity contribution is -0.154. The Morgan fingerprint density at radius 3 is 2.22 bits per heavy atom. The third-order valence-electron chi connectivity index (χ3n) is 2.78. The Kier molecular flexibility index (Phi) is 4.48. The number of carboxylic acid groups (broad SMARTS) is 1. The zero-order valence-electron chi connectivity index (χ0n) is 10.9. The van der Waals surface area contributed by atoms with Crippen LogP contribution in [0.3, 0.4) is 0 Å². The van der Waals surface area contributed by atoms with E-state index in [1.54, 1.807) is 31.2 Å². The van der Waals surface area contributed by atoms with E-state index in [1.165, 1.54) is 6.92 Å². The highest BCUT2D eigenvalue weighted by Gasteiger charge is 2.34. The van der Waals surface area contributed by atoms with Gasteiger partial charge >= 0.3 is 5.97 Å². The summed E-state index contributed by atoms with van der Waals surface area (Å²) in [6.07, 6.45) is 1.14. The first-order chi connectivity index (χ1) is 8.39. The largest absolute Gasteiger partial charge is 0.478 e. The van der Waals surface area contributed by atoms with Crippen molar-refractivity contribution in [2.75, 3.05) is 0 Å². The Labute approximate surface area is 107 Å². The summed E-state index contributed by atoms with van der Waals surface area (Å²) in [6.45, 7) is 4.94. The van der Waals surface area contributed by atoms with Gasteiger partial charge in [-0.05, 0) is 44.5 Å². The van der Waals surface area contributed by atoms with E-state index in [4.69, 9.17) is 4.74 Å². The number of hydrogen-bond acceptors (Lipinski definition) is 3. The van der Waals surface area contributed by atoms with Crippen molar-refractivity contribution in [2.45, 2.75) is 39.2 Å². The molecule has 0 saturated carbocycles. The van der Waals surface area contributed by atoms with Crippen LogP contribution >= 0.6 is 0 Å². The van der Waals surface area contributed by atoms with Crippen molar-refractivity contribution in [3.8, 4) is 5.75 Å². The zero-order valence-corrected chi connectivity index (χ0v) is 10.9. The molecule has 0 radical (unpaired) electrons. The fraction of sp³-hybridized carbons (Fsp3) is 0.429. The number of ether oxygens (including phenoxy) is 1. The van der Waals surface area contributed by atoms with Crippen molar-refractivity contribution < 1.29 is 19.4 Å². The smallest absolute Gasteiger partial charge is 0.347 e. The van der Waals surface area contributed by atoms with Gasteiger partial charge in [-0.2, -0.15) is 0 Å². The van der Waals surface area contributed by atoms with Gasteiger partial charge in [0.05, 0.1) is 0 Å². The van der Waals surface area contributed by atoms with Crippen molar-refractivity contribution in [1.29, 1.82) is 0 Å². The first-order valence-electron chi connectivity index (χ1n) is 5.92. The maximum atomic E-state index is 11.2. The molecule has 0 spiro atoms. The fourth-order valence-electron chi connectivity index (χ4n) is 1.70. The molecule has 0 fully saturated rings. The van der Waals surface area contributed by atoms with Gasteiger partial charge in [-0.1, -0.05) is 13.3 Å². The summed E-state index contributed by atoms with van der Waals surface area (Å²) in [5.74, 6) is -0.561. The Balaban J connectivity index is 2.88. The van der Waals surface area contributed by atoms with Crippen LogP contribution in [0.2, 0.25) is 0 Å². The number of Topliss-reactive ketones (excluding diaryl/α,β-unsaturated/α-hetero) is 1. The Hall–Kier alpha value is -1.84. The van der Waals surface area contributed by atoms with E-state index in [9.17, 15) is 14.7 Å². The summed E-state index contributed by atoms with van der Waals surface area (Å²) in [5, 5.41) is 9.19. The van der Waals surface area contributed by atoms with Crippen LogP contribution in [0.25, 0.3) is 0 Å². The summed E-state index contributed by atoms with van der Waals surface area (Å²) < 4.78 is 5.53. The number of carbonyl (C=O) groups is 2. The van der Waals surface area contributed by atoms with Gasteiger partial charge in [-0.15, -0.1) is 0 Å². The van der Waals surface area contributed by atoms with Gasteiger partial charge in [-0.25, -0.2) is 4.79 Å². The number of ketones is 1. The van der Waals surface area contributed by atoms with E-state index >= 15 is 0 Å². The molecule has 1 aromatic carbocycles. The van der Waals surface area contributed by atoms with Crippen molar-refractivity contribution >= 4 is 11.8 Å². The average molecular weight is 250 g/mol. The Bertz CT molecular complexity index is 436. The number of hydrogen-bond donors (Lipinski definition) is 1. The number of rotatable bonds is 6. The summed E-state index contributed by atoms with van der Waals surface area (Å²) in [6, 6.07) is 6.50. The van der Waals surface area contributed by atoms with Gasteiger partial charge < -0.3 is 9.84 Å². The molecule has 0 aliphatic carbocycles. The van der Waals surface area contributed by atoms with Crippen molar-refractivity contribution in [2.24, 2.45) is 0 Å². The number of carbonyl (C=O) groups excluding carboxylic acids is 1. The molecule has 18 heavy (non-hydrogen) atoms. The van der Waals surface area contributed by atoms with Gasteiger partial charge in [0, 0.05) is 5.56 Å². The number of benzene rings is 1. The van der Waals surface area contributed by atoms with E-state index < -0.39 is 11.6 Å². The third-order valence-corrected chi connectivity index (χ3v) is 2.78. The van der Waals surface area contributed by atoms with Gasteiger partial charge in [0.1, 0.15) is 5.75 Å². The Morgan fingerprint density at radius 1 is 1.28 bits per heavy atom. The third kappa shape index (κ3) is 3.32. The van der Waals surface area contributed by atoms with E-state index in [-0.39, 0.29) is 5.78 Å². The van der Waals surface area contributed by atoms with Crippen LogP contribution in [-0.4, -0.2) is 22.5 Å². The first kappa shape index (κ1) is 14.2. The van der Waals surface area contributed by atoms with Crippen molar-refractivity contribution in [3.05, 3.63) is 29.8 Å². The van der Waals surface area contributed by atoms with Gasteiger partial charge in [0.15, 0.2) is 5.78 Å². The highest BCUT2D eigenvalue weighted by atomic mass is 16.5. The van der Waals surface area contributed by atoms with Gasteiger partial charge in [0.2, 0.25) is 5.60 Å². The van der Waals surface area contributed by atoms with Crippen LogP contribution < -0.4 is 4.74 Å². The van der Waals surface area contributed by atoms with Crippen LogP contribution in [0.4, 0.5) is 0 Å². The lowest BCUT2D eigenvalue weighted by atomic mass is 10.0. The van der Waals surface area contributed by atoms with Gasteiger partial charge in [0.25, 0.3) is 0 Å². The molecule has 1 N–H and O–H groups in total. The molecule has 4 nitrogen and oxygen atoms in total. The molecule has 0 aliphatic rings. The molecule has 1 unspecified atom stereocenters. The van der Waals surface area contributed by atoms with E-state index in [0.717, 1.165) is 0 Å². The lowest BCUT2D eigenvalue weighted by Gasteiger charge is -2.25. The molecule has 0 heterocycles. The normalized spacial score (nSPS) is 13.7. The monoisotopic (exact) mass is 250 g/mol. The Morgan fingerprint density at radius 2 is 1.83 bits per heavy atom. The van der Waals surface area contributed by atoms with Crippen LogP contribution in [0.15, 0.2) is 24.3 Å². The second-order valence-electron chi connectivity index (χ2n) is 4.47. The van der Waals surface area contributed by atoms with E-state index in [1.807, 2.05) is 6.92 Å². The summed E-state index contributed by atoms with van der Waals surface area (Å²) in [7, 11) is 0. The molecule has 0 bridgehead atoms. The predicted octanol–water partition coefficient (Wildman–Crippen LogP) is 2.91. The topological polar surface area (TPSA) is 63.6 Å². The predicted molar refractivity (Wildman–Crippen MR) is 68.0 cm³/mol. The standard InChI is InChI=1S/C14H18O4/c1-4-9-14(3,13(16)17)18-12-7-5-11(6-8-12)10(2)15/h5-8H,4,9H2,1-3H3,(H,16,17). The van der Waals surface area contributed by atoms with Crippen molar-refractivity contribution in [3.63, 3.8) is 0 Å². The zero-order chi connectivity index (χ0) is 13.8. The summed E-state index contributed by atoms with van der Waals surface area (Å²) >= 11 is 0. The second kappa shape index (κ2) is 5.67. The SMILES string of the molecule is CCCC(C)(Oc1ccc(C(C)=O)cc1)C(=O)O. The lowest BCUT2D eigenvalue weighted by Crippen LogP contribution is -2.41. The second-order valence-corrected chi connectivity index (χ2v) is 4.47. The van der Waals surface area contributed by atoms with E-state index in [2.05, 4.69) is 0 Å². The molecule has 0 aliphatic heterocycles. The average Bonchev–Trinajstić information content (AvgIpc) is 2.29. The summed E-state index contributed by atoms with van der Waals surface area (Å²) in [5.41, 5.74) is -0.651. The quantitative estimate of drug-likeness (QED) is 0.788. The molecule has 1 atom stereocenters.